The third-order valence-electron chi connectivity index (χ3n) is 6.22. The molecule has 0 radical (unpaired) electrons. The third-order valence-corrected chi connectivity index (χ3v) is 8.83. The number of hydrogen-bond acceptors (Lipinski definition) is 4. The van der Waals surface area contributed by atoms with Gasteiger partial charge >= 0.3 is 0 Å². The Labute approximate surface area is 238 Å². The molecule has 4 aromatic rings. The fourth-order valence-electron chi connectivity index (χ4n) is 4.20. The van der Waals surface area contributed by atoms with Crippen molar-refractivity contribution in [3.05, 3.63) is 117 Å². The maximum atomic E-state index is 13.4. The van der Waals surface area contributed by atoms with Gasteiger partial charge in [-0.1, -0.05) is 77.3 Å². The van der Waals surface area contributed by atoms with E-state index in [-0.39, 0.29) is 11.4 Å². The molecule has 4 rings (SSSR count). The lowest BCUT2D eigenvalue weighted by atomic mass is 10.2. The Balaban J connectivity index is 1.53. The summed E-state index contributed by atoms with van der Waals surface area (Å²) in [5, 5.41) is 4.98. The Morgan fingerprint density at radius 1 is 0.974 bits per heavy atom. The van der Waals surface area contributed by atoms with Crippen molar-refractivity contribution in [2.45, 2.75) is 32.2 Å². The van der Waals surface area contributed by atoms with Crippen molar-refractivity contribution in [3.63, 3.8) is 0 Å². The zero-order chi connectivity index (χ0) is 28.2. The molecule has 1 heterocycles. The Kier molecular flexibility index (Phi) is 8.92. The number of halogens is 2. The van der Waals surface area contributed by atoms with Crippen molar-refractivity contribution in [1.82, 2.24) is 14.3 Å². The molecule has 0 aliphatic rings. The minimum atomic E-state index is -3.94. The van der Waals surface area contributed by atoms with Crippen molar-refractivity contribution in [1.29, 1.82) is 0 Å². The molecule has 0 unspecified atom stereocenters. The summed E-state index contributed by atoms with van der Waals surface area (Å²) in [6, 6.07) is 23.0. The normalized spacial score (nSPS) is 11.8. The Morgan fingerprint density at radius 3 is 2.36 bits per heavy atom. The van der Waals surface area contributed by atoms with Crippen LogP contribution in [0.15, 0.2) is 88.9 Å². The number of aryl methyl sites for hydroxylation is 2. The van der Waals surface area contributed by atoms with Crippen molar-refractivity contribution in [2.75, 3.05) is 6.54 Å². The molecule has 202 valence electrons. The molecule has 7 nitrogen and oxygen atoms in total. The summed E-state index contributed by atoms with van der Waals surface area (Å²) in [4.78, 5) is 13.0. The number of amides is 1. The van der Waals surface area contributed by atoms with E-state index in [2.05, 4.69) is 10.5 Å². The molecule has 1 aromatic heterocycles. The summed E-state index contributed by atoms with van der Waals surface area (Å²) < 4.78 is 30.0. The van der Waals surface area contributed by atoms with Gasteiger partial charge in [0.05, 0.1) is 33.4 Å². The molecule has 0 aliphatic carbocycles. The van der Waals surface area contributed by atoms with Gasteiger partial charge in [0.2, 0.25) is 10.0 Å². The molecule has 1 amide bonds. The predicted octanol–water partition coefficient (Wildman–Crippen LogP) is 6.05. The molecule has 0 saturated heterocycles. The van der Waals surface area contributed by atoms with Crippen molar-refractivity contribution in [2.24, 2.45) is 5.10 Å². The first kappa shape index (κ1) is 28.6. The second-order valence-electron chi connectivity index (χ2n) is 9.10. The van der Waals surface area contributed by atoms with Crippen LogP contribution in [0.25, 0.3) is 5.69 Å². The van der Waals surface area contributed by atoms with Gasteiger partial charge in [-0.25, -0.2) is 13.8 Å². The number of aromatic nitrogens is 1. The smallest absolute Gasteiger partial charge is 0.255 e. The van der Waals surface area contributed by atoms with Crippen LogP contribution in [0.4, 0.5) is 0 Å². The maximum absolute atomic E-state index is 13.4. The van der Waals surface area contributed by atoms with Crippen LogP contribution in [0.3, 0.4) is 0 Å². The molecule has 0 spiro atoms. The molecule has 1 N–H and O–H groups in total. The number of nitrogens with one attached hydrogen (secondary N) is 1. The van der Waals surface area contributed by atoms with E-state index in [1.807, 2.05) is 73.9 Å². The van der Waals surface area contributed by atoms with Gasteiger partial charge < -0.3 is 4.57 Å². The fourth-order valence-corrected chi connectivity index (χ4v) is 5.96. The Bertz CT molecular complexity index is 1620. The van der Waals surface area contributed by atoms with E-state index in [4.69, 9.17) is 23.2 Å². The van der Waals surface area contributed by atoms with Gasteiger partial charge in [-0.05, 0) is 56.7 Å². The van der Waals surface area contributed by atoms with Crippen LogP contribution in [0.1, 0.15) is 28.1 Å². The van der Waals surface area contributed by atoms with Gasteiger partial charge in [0.15, 0.2) is 0 Å². The molecule has 0 bridgehead atoms. The predicted molar refractivity (Wildman–Crippen MR) is 156 cm³/mol. The van der Waals surface area contributed by atoms with Crippen LogP contribution in [0.2, 0.25) is 10.0 Å². The number of hydrazone groups is 1. The standard InChI is InChI=1S/C29H28Cl2N4O3S/c1-20-12-14-25(15-13-20)39(37,38)34(18-23-8-5-4-6-9-23)19-28(36)33-32-17-24-16-21(2)35(22(24)3)27-11-7-10-26(30)29(27)31/h4-17H,18-19H2,1-3H3,(H,33,36)/b32-17+. The SMILES string of the molecule is Cc1ccc(S(=O)(=O)N(CC(=O)N/N=C/c2cc(C)n(-c3cccc(Cl)c3Cl)c2C)Cc2ccccc2)cc1. The molecule has 39 heavy (non-hydrogen) atoms. The average Bonchev–Trinajstić information content (AvgIpc) is 3.18. The molecule has 3 aromatic carbocycles. The molecule has 0 fully saturated rings. The maximum Gasteiger partial charge on any atom is 0.255 e. The first-order chi connectivity index (χ1) is 18.6. The highest BCUT2D eigenvalue weighted by Gasteiger charge is 2.27. The van der Waals surface area contributed by atoms with Gasteiger partial charge in [-0.15, -0.1) is 0 Å². The van der Waals surface area contributed by atoms with Gasteiger partial charge in [0.25, 0.3) is 5.91 Å². The number of carbonyl (C=O) groups is 1. The molecule has 0 aliphatic heterocycles. The Morgan fingerprint density at radius 2 is 1.67 bits per heavy atom. The van der Waals surface area contributed by atoms with E-state index < -0.39 is 22.5 Å². The van der Waals surface area contributed by atoms with Gasteiger partial charge in [0, 0.05) is 23.5 Å². The summed E-state index contributed by atoms with van der Waals surface area (Å²) in [6.45, 7) is 5.35. The highest BCUT2D eigenvalue weighted by atomic mass is 35.5. The lowest BCUT2D eigenvalue weighted by Gasteiger charge is -2.21. The number of benzene rings is 3. The number of hydrogen-bond donors (Lipinski definition) is 1. The first-order valence-corrected chi connectivity index (χ1v) is 14.3. The largest absolute Gasteiger partial charge is 0.316 e. The molecular weight excluding hydrogens is 555 g/mol. The molecule has 10 heteroatoms. The quantitative estimate of drug-likeness (QED) is 0.192. The summed E-state index contributed by atoms with van der Waals surface area (Å²) in [5.74, 6) is -0.565. The van der Waals surface area contributed by atoms with Crippen LogP contribution < -0.4 is 5.43 Å². The van der Waals surface area contributed by atoms with Gasteiger partial charge in [-0.2, -0.15) is 9.41 Å². The molecular formula is C29H28Cl2N4O3S. The number of carbonyl (C=O) groups excluding carboxylic acids is 1. The molecule has 0 atom stereocenters. The van der Waals surface area contributed by atoms with Gasteiger partial charge in [0.1, 0.15) is 0 Å². The minimum absolute atomic E-state index is 0.0374. The van der Waals surface area contributed by atoms with E-state index in [0.29, 0.717) is 10.0 Å². The summed E-state index contributed by atoms with van der Waals surface area (Å²) in [6.07, 6.45) is 1.52. The van der Waals surface area contributed by atoms with Crippen LogP contribution >= 0.6 is 23.2 Å². The van der Waals surface area contributed by atoms with E-state index in [9.17, 15) is 13.2 Å². The zero-order valence-corrected chi connectivity index (χ0v) is 24.1. The lowest BCUT2D eigenvalue weighted by molar-refractivity contribution is -0.121. The van der Waals surface area contributed by atoms with E-state index in [0.717, 1.165) is 38.1 Å². The van der Waals surface area contributed by atoms with Crippen LogP contribution in [0.5, 0.6) is 0 Å². The minimum Gasteiger partial charge on any atom is -0.316 e. The highest BCUT2D eigenvalue weighted by Crippen LogP contribution is 2.31. The summed E-state index contributed by atoms with van der Waals surface area (Å²) in [5.41, 5.74) is 7.42. The van der Waals surface area contributed by atoms with Crippen LogP contribution in [-0.4, -0.2) is 36.0 Å². The Hall–Kier alpha value is -3.43. The third kappa shape index (κ3) is 6.59. The highest BCUT2D eigenvalue weighted by molar-refractivity contribution is 7.89. The topological polar surface area (TPSA) is 83.8 Å². The number of rotatable bonds is 9. The van der Waals surface area contributed by atoms with Crippen LogP contribution in [0, 0.1) is 20.8 Å². The summed E-state index contributed by atoms with van der Waals surface area (Å²) in [7, 11) is -3.94. The van der Waals surface area contributed by atoms with Crippen LogP contribution in [-0.2, 0) is 21.4 Å². The first-order valence-electron chi connectivity index (χ1n) is 12.1. The van der Waals surface area contributed by atoms with Crippen molar-refractivity contribution in [3.8, 4) is 5.69 Å². The fraction of sp³-hybridized carbons (Fsp3) is 0.172. The second kappa shape index (κ2) is 12.2. The lowest BCUT2D eigenvalue weighted by Crippen LogP contribution is -2.39. The zero-order valence-electron chi connectivity index (χ0n) is 21.7. The van der Waals surface area contributed by atoms with Gasteiger partial charge in [-0.3, -0.25) is 4.79 Å². The van der Waals surface area contributed by atoms with Crippen molar-refractivity contribution < 1.29 is 13.2 Å². The monoisotopic (exact) mass is 582 g/mol. The average molecular weight is 584 g/mol. The number of nitrogens with zero attached hydrogens (tertiary/aromatic N) is 3. The van der Waals surface area contributed by atoms with Crippen molar-refractivity contribution >= 4 is 45.3 Å². The number of sulfonamides is 1. The van der Waals surface area contributed by atoms with E-state index in [1.165, 1.54) is 6.21 Å². The summed E-state index contributed by atoms with van der Waals surface area (Å²) >= 11 is 12.6. The molecule has 0 saturated carbocycles. The van der Waals surface area contributed by atoms with E-state index >= 15 is 0 Å². The van der Waals surface area contributed by atoms with E-state index in [1.54, 1.807) is 30.3 Å². The second-order valence-corrected chi connectivity index (χ2v) is 11.8.